The third-order valence-electron chi connectivity index (χ3n) is 4.40. The van der Waals surface area contributed by atoms with Gasteiger partial charge in [0.25, 0.3) is 5.91 Å². The minimum atomic E-state index is -3.38. The van der Waals surface area contributed by atoms with Crippen molar-refractivity contribution in [3.8, 4) is 6.07 Å². The lowest BCUT2D eigenvalue weighted by Crippen LogP contribution is -2.34. The molecule has 0 atom stereocenters. The molecule has 1 aliphatic heterocycles. The van der Waals surface area contributed by atoms with E-state index >= 15 is 0 Å². The molecule has 0 bridgehead atoms. The lowest BCUT2D eigenvalue weighted by molar-refractivity contribution is -0.119. The summed E-state index contributed by atoms with van der Waals surface area (Å²) in [6.45, 7) is -0.0784. The van der Waals surface area contributed by atoms with Gasteiger partial charge in [0.1, 0.15) is 0 Å². The van der Waals surface area contributed by atoms with E-state index in [1.807, 2.05) is 6.07 Å². The van der Waals surface area contributed by atoms with Crippen LogP contribution < -0.4 is 9.62 Å². The minimum absolute atomic E-state index is 0.248. The Morgan fingerprint density at radius 2 is 2.03 bits per heavy atom. The zero-order chi connectivity index (χ0) is 21.0. The quantitative estimate of drug-likeness (QED) is 0.750. The molecule has 0 spiro atoms. The summed E-state index contributed by atoms with van der Waals surface area (Å²) in [5.41, 5.74) is 2.38. The Balaban J connectivity index is 1.64. The molecule has 1 N–H and O–H groups in total. The fraction of sp³-hybridized carbons (Fsp3) is 0.250. The highest BCUT2D eigenvalue weighted by Crippen LogP contribution is 2.30. The van der Waals surface area contributed by atoms with E-state index in [1.165, 1.54) is 16.4 Å². The van der Waals surface area contributed by atoms with E-state index in [2.05, 4.69) is 5.32 Å². The summed E-state index contributed by atoms with van der Waals surface area (Å²) < 4.78 is 30.2. The Morgan fingerprint density at radius 1 is 1.24 bits per heavy atom. The minimum Gasteiger partial charge on any atom is -0.452 e. The molecular formula is C20H19N3O5S. The first-order valence-electron chi connectivity index (χ1n) is 8.86. The van der Waals surface area contributed by atoms with Crippen LogP contribution in [0.15, 0.2) is 42.5 Å². The number of anilines is 2. The number of hydrogen-bond acceptors (Lipinski definition) is 6. The molecule has 1 amide bonds. The molecule has 9 heteroatoms. The zero-order valence-electron chi connectivity index (χ0n) is 15.7. The highest BCUT2D eigenvalue weighted by molar-refractivity contribution is 7.92. The highest BCUT2D eigenvalue weighted by atomic mass is 32.2. The fourth-order valence-electron chi connectivity index (χ4n) is 3.11. The van der Waals surface area contributed by atoms with Crippen molar-refractivity contribution in [1.82, 2.24) is 0 Å². The number of ether oxygens (including phenoxy) is 1. The lowest BCUT2D eigenvalue weighted by atomic mass is 10.0. The smallest absolute Gasteiger partial charge is 0.338 e. The molecule has 29 heavy (non-hydrogen) atoms. The van der Waals surface area contributed by atoms with Crippen LogP contribution in [0.2, 0.25) is 0 Å². The Labute approximate surface area is 168 Å². The Morgan fingerprint density at radius 3 is 2.76 bits per heavy atom. The number of rotatable bonds is 5. The maximum atomic E-state index is 12.3. The summed E-state index contributed by atoms with van der Waals surface area (Å²) >= 11 is 0. The van der Waals surface area contributed by atoms with Gasteiger partial charge >= 0.3 is 5.97 Å². The normalized spacial score (nSPS) is 13.2. The average molecular weight is 413 g/mol. The van der Waals surface area contributed by atoms with Crippen LogP contribution >= 0.6 is 0 Å². The Kier molecular flexibility index (Phi) is 5.84. The van der Waals surface area contributed by atoms with Crippen molar-refractivity contribution in [1.29, 1.82) is 5.26 Å². The zero-order valence-corrected chi connectivity index (χ0v) is 16.5. The summed E-state index contributed by atoms with van der Waals surface area (Å²) in [4.78, 5) is 24.3. The molecule has 2 aromatic rings. The number of hydrogen-bond donors (Lipinski definition) is 1. The van der Waals surface area contributed by atoms with Crippen LogP contribution in [0.1, 0.15) is 27.9 Å². The first kappa shape index (κ1) is 20.4. The van der Waals surface area contributed by atoms with Crippen LogP contribution in [-0.4, -0.2) is 39.7 Å². The summed E-state index contributed by atoms with van der Waals surface area (Å²) in [7, 11) is -3.38. The number of sulfonamides is 1. The second-order valence-corrected chi connectivity index (χ2v) is 8.51. The number of amides is 1. The maximum absolute atomic E-state index is 12.3. The predicted octanol–water partition coefficient (Wildman–Crippen LogP) is 2.07. The van der Waals surface area contributed by atoms with Gasteiger partial charge in [-0.3, -0.25) is 9.10 Å². The van der Waals surface area contributed by atoms with Crippen LogP contribution in [0, 0.1) is 11.3 Å². The largest absolute Gasteiger partial charge is 0.452 e. The van der Waals surface area contributed by atoms with E-state index in [-0.39, 0.29) is 5.56 Å². The molecule has 0 saturated heterocycles. The van der Waals surface area contributed by atoms with Crippen molar-refractivity contribution in [2.24, 2.45) is 0 Å². The van der Waals surface area contributed by atoms with Gasteiger partial charge < -0.3 is 10.1 Å². The molecule has 2 aromatic carbocycles. The fourth-order valence-corrected chi connectivity index (χ4v) is 4.11. The molecule has 1 aliphatic rings. The molecule has 0 aliphatic carbocycles. The lowest BCUT2D eigenvalue weighted by Gasteiger charge is -2.29. The molecule has 1 heterocycles. The van der Waals surface area contributed by atoms with Gasteiger partial charge in [-0.15, -0.1) is 0 Å². The SMILES string of the molecule is CS(=O)(=O)N1CCCc2cc(C(=O)OCC(=O)Nc3cccc(C#N)c3)ccc21. The van der Waals surface area contributed by atoms with Crippen molar-refractivity contribution in [3.63, 3.8) is 0 Å². The summed E-state index contributed by atoms with van der Waals surface area (Å²) in [5.74, 6) is -1.21. The van der Waals surface area contributed by atoms with Crippen molar-refractivity contribution < 1.29 is 22.7 Å². The second kappa shape index (κ2) is 8.32. The van der Waals surface area contributed by atoms with Gasteiger partial charge in [0, 0.05) is 12.2 Å². The number of aryl methyl sites for hydroxylation is 1. The van der Waals surface area contributed by atoms with E-state index in [1.54, 1.807) is 30.3 Å². The van der Waals surface area contributed by atoms with E-state index in [0.29, 0.717) is 36.3 Å². The molecule has 0 aromatic heterocycles. The molecule has 0 unspecified atom stereocenters. The number of carbonyl (C=O) groups is 2. The third-order valence-corrected chi connectivity index (χ3v) is 5.58. The first-order valence-corrected chi connectivity index (χ1v) is 10.7. The van der Waals surface area contributed by atoms with Crippen LogP contribution in [0.4, 0.5) is 11.4 Å². The van der Waals surface area contributed by atoms with Gasteiger partial charge in [-0.2, -0.15) is 5.26 Å². The van der Waals surface area contributed by atoms with Crippen molar-refractivity contribution >= 4 is 33.3 Å². The predicted molar refractivity (Wildman–Crippen MR) is 107 cm³/mol. The second-order valence-electron chi connectivity index (χ2n) is 6.60. The van der Waals surface area contributed by atoms with E-state index < -0.39 is 28.5 Å². The Bertz CT molecular complexity index is 1110. The molecule has 0 saturated carbocycles. The number of nitrogens with zero attached hydrogens (tertiary/aromatic N) is 2. The molecule has 0 radical (unpaired) electrons. The average Bonchev–Trinajstić information content (AvgIpc) is 2.70. The number of nitrogens with one attached hydrogen (secondary N) is 1. The molecule has 0 fully saturated rings. The van der Waals surface area contributed by atoms with Gasteiger partial charge in [0.15, 0.2) is 6.61 Å². The van der Waals surface area contributed by atoms with Crippen molar-refractivity contribution in [2.45, 2.75) is 12.8 Å². The van der Waals surface area contributed by atoms with Crippen LogP contribution in [-0.2, 0) is 26.0 Å². The Hall–Kier alpha value is -3.38. The van der Waals surface area contributed by atoms with Gasteiger partial charge in [-0.1, -0.05) is 6.07 Å². The van der Waals surface area contributed by atoms with E-state index in [4.69, 9.17) is 10.00 Å². The van der Waals surface area contributed by atoms with Crippen molar-refractivity contribution in [3.05, 3.63) is 59.2 Å². The maximum Gasteiger partial charge on any atom is 0.338 e. The molecular weight excluding hydrogens is 394 g/mol. The number of carbonyl (C=O) groups excluding carboxylic acids is 2. The van der Waals surface area contributed by atoms with E-state index in [9.17, 15) is 18.0 Å². The number of benzene rings is 2. The van der Waals surface area contributed by atoms with Gasteiger partial charge in [-0.05, 0) is 54.8 Å². The van der Waals surface area contributed by atoms with Crippen LogP contribution in [0.25, 0.3) is 0 Å². The first-order chi connectivity index (χ1) is 13.8. The number of nitriles is 1. The van der Waals surface area contributed by atoms with Crippen LogP contribution in [0.3, 0.4) is 0 Å². The van der Waals surface area contributed by atoms with Gasteiger partial charge in [0.05, 0.1) is 29.1 Å². The summed E-state index contributed by atoms with van der Waals surface area (Å²) in [6, 6.07) is 13.0. The monoisotopic (exact) mass is 413 g/mol. The van der Waals surface area contributed by atoms with Crippen LogP contribution in [0.5, 0.6) is 0 Å². The third kappa shape index (κ3) is 4.92. The van der Waals surface area contributed by atoms with Gasteiger partial charge in [-0.25, -0.2) is 13.2 Å². The van der Waals surface area contributed by atoms with Crippen molar-refractivity contribution in [2.75, 3.05) is 29.0 Å². The number of fused-ring (bicyclic) bond motifs is 1. The topological polar surface area (TPSA) is 117 Å². The van der Waals surface area contributed by atoms with Gasteiger partial charge in [0.2, 0.25) is 10.0 Å². The standard InChI is InChI=1S/C20H19N3O5S/c1-29(26,27)23-9-3-5-15-11-16(7-8-18(15)23)20(25)28-13-19(24)22-17-6-2-4-14(10-17)12-21/h2,4,6-8,10-11H,3,5,9,13H2,1H3,(H,22,24). The highest BCUT2D eigenvalue weighted by Gasteiger charge is 2.25. The summed E-state index contributed by atoms with van der Waals surface area (Å²) in [6.07, 6.45) is 2.45. The molecule has 150 valence electrons. The molecule has 3 rings (SSSR count). The summed E-state index contributed by atoms with van der Waals surface area (Å²) in [5, 5.41) is 11.4. The molecule has 8 nitrogen and oxygen atoms in total. The van der Waals surface area contributed by atoms with E-state index in [0.717, 1.165) is 11.8 Å². The number of esters is 1.